The van der Waals surface area contributed by atoms with Crippen molar-refractivity contribution in [3.05, 3.63) is 36.5 Å². The van der Waals surface area contributed by atoms with Crippen LogP contribution in [0.4, 0.5) is 22.0 Å². The van der Waals surface area contributed by atoms with Crippen LogP contribution in [-0.2, 0) is 0 Å². The number of carbonyl (C=O) groups excluding carboxylic acids is 1. The largest absolute Gasteiger partial charge is 0.493 e. The van der Waals surface area contributed by atoms with Gasteiger partial charge in [-0.3, -0.25) is 0 Å². The molecular formula is C20H26N4O3. The number of nitrogens with zero attached hydrogens (tertiary/aromatic N) is 1. The number of urea groups is 1. The molecule has 0 atom stereocenters. The minimum Gasteiger partial charge on any atom is -0.493 e. The van der Waals surface area contributed by atoms with Gasteiger partial charge < -0.3 is 25.4 Å². The highest BCUT2D eigenvalue weighted by molar-refractivity contribution is 5.89. The van der Waals surface area contributed by atoms with Crippen molar-refractivity contribution >= 4 is 23.2 Å². The van der Waals surface area contributed by atoms with E-state index in [4.69, 9.17) is 9.47 Å². The van der Waals surface area contributed by atoms with Crippen LogP contribution in [0.3, 0.4) is 0 Å². The summed E-state index contributed by atoms with van der Waals surface area (Å²) in [6, 6.07) is 9.27. The molecule has 1 fully saturated rings. The second-order valence-electron chi connectivity index (χ2n) is 6.56. The van der Waals surface area contributed by atoms with Gasteiger partial charge in [0.15, 0.2) is 11.5 Å². The third kappa shape index (κ3) is 5.26. The van der Waals surface area contributed by atoms with E-state index in [0.29, 0.717) is 23.0 Å². The Morgan fingerprint density at radius 1 is 1.00 bits per heavy atom. The Bertz CT molecular complexity index is 758. The number of anilines is 3. The first-order valence-corrected chi connectivity index (χ1v) is 9.20. The van der Waals surface area contributed by atoms with Crippen LogP contribution in [0.15, 0.2) is 36.5 Å². The predicted octanol–water partition coefficient (Wildman–Crippen LogP) is 4.30. The van der Waals surface area contributed by atoms with Gasteiger partial charge >= 0.3 is 6.03 Å². The Hall–Kier alpha value is -2.96. The smallest absolute Gasteiger partial charge is 0.319 e. The van der Waals surface area contributed by atoms with Crippen LogP contribution in [-0.4, -0.2) is 31.3 Å². The Morgan fingerprint density at radius 3 is 2.41 bits per heavy atom. The molecule has 27 heavy (non-hydrogen) atoms. The maximum atomic E-state index is 12.1. The van der Waals surface area contributed by atoms with Crippen molar-refractivity contribution in [2.45, 2.75) is 38.1 Å². The van der Waals surface area contributed by atoms with Crippen molar-refractivity contribution in [3.63, 3.8) is 0 Å². The van der Waals surface area contributed by atoms with Gasteiger partial charge in [0.2, 0.25) is 0 Å². The molecule has 1 saturated carbocycles. The monoisotopic (exact) mass is 370 g/mol. The molecule has 0 spiro atoms. The quantitative estimate of drug-likeness (QED) is 0.706. The molecule has 7 nitrogen and oxygen atoms in total. The minimum absolute atomic E-state index is 0.177. The molecule has 1 heterocycles. The van der Waals surface area contributed by atoms with E-state index < -0.39 is 0 Å². The van der Waals surface area contributed by atoms with Gasteiger partial charge in [-0.1, -0.05) is 19.3 Å². The summed E-state index contributed by atoms with van der Waals surface area (Å²) >= 11 is 0. The zero-order chi connectivity index (χ0) is 19.1. The molecule has 0 unspecified atom stereocenters. The Morgan fingerprint density at radius 2 is 1.74 bits per heavy atom. The Labute approximate surface area is 159 Å². The fraction of sp³-hybridized carbons (Fsp3) is 0.400. The maximum absolute atomic E-state index is 12.1. The number of carbonyl (C=O) groups is 1. The van der Waals surface area contributed by atoms with Gasteiger partial charge in [-0.05, 0) is 37.1 Å². The summed E-state index contributed by atoms with van der Waals surface area (Å²) in [5.74, 6) is 1.97. The Balaban J connectivity index is 1.56. The maximum Gasteiger partial charge on any atom is 0.319 e. The number of pyridine rings is 1. The van der Waals surface area contributed by atoms with Crippen molar-refractivity contribution in [2.75, 3.05) is 24.9 Å². The third-order valence-electron chi connectivity index (χ3n) is 4.62. The number of nitrogens with one attached hydrogen (secondary N) is 3. The second-order valence-corrected chi connectivity index (χ2v) is 6.56. The predicted molar refractivity (Wildman–Crippen MR) is 106 cm³/mol. The summed E-state index contributed by atoms with van der Waals surface area (Å²) in [6.45, 7) is 0. The first-order chi connectivity index (χ1) is 13.2. The molecule has 0 aliphatic heterocycles. The normalized spacial score (nSPS) is 14.3. The van der Waals surface area contributed by atoms with E-state index >= 15 is 0 Å². The fourth-order valence-corrected chi connectivity index (χ4v) is 3.20. The van der Waals surface area contributed by atoms with Gasteiger partial charge in [0.25, 0.3) is 0 Å². The molecule has 1 aromatic heterocycles. The van der Waals surface area contributed by atoms with Crippen molar-refractivity contribution in [1.29, 1.82) is 0 Å². The van der Waals surface area contributed by atoms with Crippen molar-refractivity contribution in [1.82, 2.24) is 10.3 Å². The highest BCUT2D eigenvalue weighted by Gasteiger charge is 2.15. The van der Waals surface area contributed by atoms with Crippen molar-refractivity contribution in [2.24, 2.45) is 0 Å². The van der Waals surface area contributed by atoms with E-state index in [-0.39, 0.29) is 12.1 Å². The highest BCUT2D eigenvalue weighted by Crippen LogP contribution is 2.30. The lowest BCUT2D eigenvalue weighted by Gasteiger charge is -2.22. The second kappa shape index (κ2) is 9.12. The fourth-order valence-electron chi connectivity index (χ4n) is 3.20. The molecule has 2 amide bonds. The van der Waals surface area contributed by atoms with Crippen LogP contribution in [0.1, 0.15) is 32.1 Å². The minimum atomic E-state index is -0.177. The van der Waals surface area contributed by atoms with E-state index in [0.717, 1.165) is 18.5 Å². The molecule has 1 aromatic carbocycles. The van der Waals surface area contributed by atoms with Crippen LogP contribution in [0, 0.1) is 0 Å². The summed E-state index contributed by atoms with van der Waals surface area (Å²) in [5, 5.41) is 9.06. The van der Waals surface area contributed by atoms with Gasteiger partial charge in [0.1, 0.15) is 5.82 Å². The molecule has 3 N–H and O–H groups in total. The van der Waals surface area contributed by atoms with Gasteiger partial charge in [-0.2, -0.15) is 0 Å². The van der Waals surface area contributed by atoms with Crippen LogP contribution >= 0.6 is 0 Å². The van der Waals surface area contributed by atoms with E-state index in [1.54, 1.807) is 20.4 Å². The summed E-state index contributed by atoms with van der Waals surface area (Å²) in [4.78, 5) is 16.4. The number of benzene rings is 1. The molecule has 1 aliphatic rings. The first-order valence-electron chi connectivity index (χ1n) is 9.20. The number of hydrogen-bond donors (Lipinski definition) is 3. The zero-order valence-electron chi connectivity index (χ0n) is 15.7. The highest BCUT2D eigenvalue weighted by atomic mass is 16.5. The molecule has 2 aromatic rings. The van der Waals surface area contributed by atoms with Gasteiger partial charge in [0.05, 0.1) is 26.1 Å². The molecule has 144 valence electrons. The molecule has 7 heteroatoms. The van der Waals surface area contributed by atoms with E-state index in [1.807, 2.05) is 30.3 Å². The van der Waals surface area contributed by atoms with Crippen molar-refractivity contribution in [3.8, 4) is 11.5 Å². The zero-order valence-corrected chi connectivity index (χ0v) is 15.7. The lowest BCUT2D eigenvalue weighted by atomic mass is 9.96. The molecular weight excluding hydrogens is 344 g/mol. The number of ether oxygens (including phenoxy) is 2. The standard InChI is InChI=1S/C20H26N4O3/c1-26-17-10-8-15(12-18(17)27-2)22-19-11-9-16(13-21-19)24-20(25)23-14-6-4-3-5-7-14/h8-14H,3-7H2,1-2H3,(H,21,22)(H2,23,24,25). The van der Waals surface area contributed by atoms with Crippen LogP contribution in [0.25, 0.3) is 0 Å². The molecule has 3 rings (SSSR count). The summed E-state index contributed by atoms with van der Waals surface area (Å²) < 4.78 is 10.5. The lowest BCUT2D eigenvalue weighted by molar-refractivity contribution is 0.244. The van der Waals surface area contributed by atoms with Crippen LogP contribution in [0.2, 0.25) is 0 Å². The van der Waals surface area contributed by atoms with Crippen LogP contribution < -0.4 is 25.4 Å². The average Bonchev–Trinajstić information content (AvgIpc) is 2.70. The van der Waals surface area contributed by atoms with Crippen molar-refractivity contribution < 1.29 is 14.3 Å². The van der Waals surface area contributed by atoms with E-state index in [2.05, 4.69) is 20.9 Å². The summed E-state index contributed by atoms with van der Waals surface area (Å²) in [5.41, 5.74) is 1.48. The average molecular weight is 370 g/mol. The lowest BCUT2D eigenvalue weighted by Crippen LogP contribution is -2.39. The summed E-state index contributed by atoms with van der Waals surface area (Å²) in [7, 11) is 3.20. The number of amides is 2. The summed E-state index contributed by atoms with van der Waals surface area (Å²) in [6.07, 6.45) is 7.37. The third-order valence-corrected chi connectivity index (χ3v) is 4.62. The molecule has 0 radical (unpaired) electrons. The van der Waals surface area contributed by atoms with Gasteiger partial charge in [-0.15, -0.1) is 0 Å². The topological polar surface area (TPSA) is 84.5 Å². The van der Waals surface area contributed by atoms with Gasteiger partial charge in [-0.25, -0.2) is 9.78 Å². The SMILES string of the molecule is COc1ccc(Nc2ccc(NC(=O)NC3CCCCC3)cn2)cc1OC. The number of hydrogen-bond acceptors (Lipinski definition) is 5. The number of aromatic nitrogens is 1. The first kappa shape index (κ1) is 18.8. The van der Waals surface area contributed by atoms with E-state index in [9.17, 15) is 4.79 Å². The Kier molecular flexibility index (Phi) is 6.35. The number of methoxy groups -OCH3 is 2. The molecule has 0 saturated heterocycles. The van der Waals surface area contributed by atoms with Gasteiger partial charge in [0, 0.05) is 17.8 Å². The van der Waals surface area contributed by atoms with E-state index in [1.165, 1.54) is 19.3 Å². The number of rotatable bonds is 6. The van der Waals surface area contributed by atoms with Crippen LogP contribution in [0.5, 0.6) is 11.5 Å². The molecule has 1 aliphatic carbocycles. The molecule has 0 bridgehead atoms.